The van der Waals surface area contributed by atoms with Crippen molar-refractivity contribution in [1.82, 2.24) is 60.5 Å². The normalized spacial score (nSPS) is 21.0. The van der Waals surface area contributed by atoms with Crippen molar-refractivity contribution in [2.75, 3.05) is 88.2 Å². The van der Waals surface area contributed by atoms with Crippen LogP contribution in [0.3, 0.4) is 0 Å². The van der Waals surface area contributed by atoms with E-state index in [1.807, 2.05) is 27.7 Å². The van der Waals surface area contributed by atoms with Gasteiger partial charge in [0.15, 0.2) is 0 Å². The predicted molar refractivity (Wildman–Crippen MR) is 377 cm³/mol. The number of ether oxygens (including phenoxy) is 1. The summed E-state index contributed by atoms with van der Waals surface area (Å²) in [6.07, 6.45) is 4.63. The molecule has 0 bridgehead atoms. The molecule has 3 saturated heterocycles. The predicted octanol–water partition coefficient (Wildman–Crippen LogP) is 5.24. The number of benzene rings is 1. The molecule has 0 radical (unpaired) electrons. The fraction of sp³-hybridized carbons (Fsp3) is 0.753. The molecule has 5 N–H and O–H groups in total. The van der Waals surface area contributed by atoms with Gasteiger partial charge in [-0.05, 0) is 126 Å². The number of rotatable bonds is 32. The number of carbonyl (C=O) groups is 12. The molecule has 26 nitrogen and oxygen atoms in total. The summed E-state index contributed by atoms with van der Waals surface area (Å²) in [5.41, 5.74) is -2.35. The second kappa shape index (κ2) is 37.2. The van der Waals surface area contributed by atoms with E-state index in [2.05, 4.69) is 21.3 Å². The monoisotopic (exact) mass is 1470 g/mol. The molecule has 7 rings (SSSR count). The summed E-state index contributed by atoms with van der Waals surface area (Å²) in [6.45, 7) is 9.75. The third-order valence-electron chi connectivity index (χ3n) is 22.6. The maximum Gasteiger partial charge on any atom is 0.417 e. The highest BCUT2D eigenvalue weighted by atomic mass is 35.5. The lowest BCUT2D eigenvalue weighted by atomic mass is 9.84. The van der Waals surface area contributed by atoms with E-state index in [0.29, 0.717) is 44.9 Å². The van der Waals surface area contributed by atoms with Crippen LogP contribution in [0.4, 0.5) is 13.2 Å². The number of likely N-dealkylation sites (tertiary alicyclic amines) is 2. The summed E-state index contributed by atoms with van der Waals surface area (Å²) in [4.78, 5) is 183. The molecular weight excluding hydrogens is 1360 g/mol. The van der Waals surface area contributed by atoms with Crippen molar-refractivity contribution in [2.24, 2.45) is 23.7 Å². The molecule has 0 aromatic heterocycles. The van der Waals surface area contributed by atoms with Gasteiger partial charge in [-0.25, -0.2) is 0 Å². The van der Waals surface area contributed by atoms with Gasteiger partial charge < -0.3 is 70.3 Å². The number of morpholine rings is 1. The third-order valence-corrected chi connectivity index (χ3v) is 22.9. The SMILES string of the molecule is CC[C@H](C)C(NC(=O)[C@H](CC(C)C)NC)C(=O)N(C)[C@@H](C)C(=O)N1CC[C@H]1C(=O)N(C)[C@@H](CC1CCCCC1)C(=O)N(C)CC(=O)N[C@@H](CCc1ccc(C(F)(F)F)c(Cl)c1)C(=O)N1CCC[C@H]1C(=O)NC1(C(=O)N(C)[C@H](C(=O)N(C)[C@@H](CC(=O)O)C(=O)N2CCOCC2)C2CCCC2)CCCC1. The lowest BCUT2D eigenvalue weighted by molar-refractivity contribution is -0.160. The zero-order chi connectivity index (χ0) is 75.9. The van der Waals surface area contributed by atoms with Gasteiger partial charge in [0.25, 0.3) is 0 Å². The Morgan fingerprint density at radius 1 is 0.689 bits per heavy atom. The molecule has 0 spiro atoms. The smallest absolute Gasteiger partial charge is 0.417 e. The van der Waals surface area contributed by atoms with Crippen LogP contribution >= 0.6 is 11.6 Å². The van der Waals surface area contributed by atoms with Gasteiger partial charge in [-0.2, -0.15) is 13.2 Å². The fourth-order valence-corrected chi connectivity index (χ4v) is 16.2. The highest BCUT2D eigenvalue weighted by Gasteiger charge is 2.52. The van der Waals surface area contributed by atoms with Gasteiger partial charge in [0.2, 0.25) is 65.0 Å². The molecule has 10 atom stereocenters. The number of carbonyl (C=O) groups excluding carboxylic acids is 11. The van der Waals surface area contributed by atoms with Gasteiger partial charge >= 0.3 is 12.1 Å². The molecule has 1 unspecified atom stereocenters. The number of aryl methyl sites for hydroxylation is 1. The highest BCUT2D eigenvalue weighted by molar-refractivity contribution is 6.31. The number of amides is 11. The summed E-state index contributed by atoms with van der Waals surface area (Å²) in [5, 5.41) is 21.2. The van der Waals surface area contributed by atoms with Crippen molar-refractivity contribution in [3.8, 4) is 0 Å². The van der Waals surface area contributed by atoms with Gasteiger partial charge in [-0.1, -0.05) is 110 Å². The Hall–Kier alpha value is -7.14. The van der Waals surface area contributed by atoms with E-state index in [1.54, 1.807) is 14.0 Å². The van der Waals surface area contributed by atoms with E-state index in [9.17, 15) is 61.4 Å². The minimum Gasteiger partial charge on any atom is -0.481 e. The molecule has 3 heterocycles. The molecule has 576 valence electrons. The van der Waals surface area contributed by atoms with Crippen LogP contribution in [-0.2, 0) is 74.9 Å². The van der Waals surface area contributed by atoms with Gasteiger partial charge in [0, 0.05) is 61.4 Å². The first-order valence-corrected chi connectivity index (χ1v) is 37.5. The molecule has 11 amide bonds. The van der Waals surface area contributed by atoms with Crippen molar-refractivity contribution in [1.29, 1.82) is 0 Å². The van der Waals surface area contributed by atoms with Crippen LogP contribution in [0, 0.1) is 23.7 Å². The molecule has 6 fully saturated rings. The lowest BCUT2D eigenvalue weighted by Gasteiger charge is -2.45. The molecule has 1 aromatic carbocycles. The topological polar surface area (TPSA) is 308 Å². The minimum atomic E-state index is -4.77. The lowest BCUT2D eigenvalue weighted by Crippen LogP contribution is -2.65. The number of likely N-dealkylation sites (N-methyl/N-ethyl adjacent to an activating group) is 6. The van der Waals surface area contributed by atoms with Gasteiger partial charge in [0.1, 0.15) is 53.9 Å². The summed E-state index contributed by atoms with van der Waals surface area (Å²) in [7, 11) is 8.88. The molecule has 3 aliphatic carbocycles. The van der Waals surface area contributed by atoms with E-state index < -0.39 is 155 Å². The van der Waals surface area contributed by atoms with Gasteiger partial charge in [0.05, 0.1) is 42.8 Å². The summed E-state index contributed by atoms with van der Waals surface area (Å²) < 4.78 is 47.1. The highest BCUT2D eigenvalue weighted by Crippen LogP contribution is 2.39. The number of nitrogens with zero attached hydrogens (tertiary/aromatic N) is 8. The molecule has 1 aromatic rings. The van der Waals surface area contributed by atoms with Crippen LogP contribution < -0.4 is 21.3 Å². The Kier molecular flexibility index (Phi) is 30.0. The Morgan fingerprint density at radius 3 is 1.89 bits per heavy atom. The number of hydrogen-bond acceptors (Lipinski definition) is 14. The van der Waals surface area contributed by atoms with E-state index in [1.165, 1.54) is 70.7 Å². The Morgan fingerprint density at radius 2 is 1.32 bits per heavy atom. The Labute approximate surface area is 609 Å². The molecule has 6 aliphatic rings. The summed E-state index contributed by atoms with van der Waals surface area (Å²) in [5.74, 6) is -8.18. The molecule has 103 heavy (non-hydrogen) atoms. The first-order valence-electron chi connectivity index (χ1n) is 37.1. The largest absolute Gasteiger partial charge is 0.481 e. The third kappa shape index (κ3) is 20.7. The molecular formula is C73H112ClF3N12O14. The number of aliphatic carboxylic acids is 1. The van der Waals surface area contributed by atoms with Crippen molar-refractivity contribution in [2.45, 2.75) is 242 Å². The van der Waals surface area contributed by atoms with E-state index in [0.717, 1.165) is 66.9 Å². The van der Waals surface area contributed by atoms with Crippen LogP contribution in [0.1, 0.15) is 181 Å². The Balaban J connectivity index is 1.08. The maximum absolute atomic E-state index is 15.3. The van der Waals surface area contributed by atoms with Crippen LogP contribution in [0.15, 0.2) is 18.2 Å². The number of alkyl halides is 3. The van der Waals surface area contributed by atoms with E-state index in [-0.39, 0.29) is 119 Å². The number of hydrogen-bond donors (Lipinski definition) is 5. The zero-order valence-corrected chi connectivity index (χ0v) is 62.8. The first kappa shape index (κ1) is 83.1. The number of carboxylic acid groups (broad SMARTS) is 1. The quantitative estimate of drug-likeness (QED) is 0.0616. The van der Waals surface area contributed by atoms with E-state index in [4.69, 9.17) is 16.3 Å². The number of nitrogens with one attached hydrogen (secondary N) is 4. The first-order chi connectivity index (χ1) is 48.7. The number of halogens is 4. The van der Waals surface area contributed by atoms with Crippen LogP contribution in [-0.4, -0.2) is 263 Å². The van der Waals surface area contributed by atoms with E-state index >= 15 is 14.4 Å². The van der Waals surface area contributed by atoms with Crippen LogP contribution in [0.5, 0.6) is 0 Å². The zero-order valence-electron chi connectivity index (χ0n) is 62.1. The molecule has 3 aliphatic heterocycles. The molecule has 3 saturated carbocycles. The Bertz CT molecular complexity index is 3190. The average molecular weight is 1470 g/mol. The maximum atomic E-state index is 15.3. The minimum absolute atomic E-state index is 0.0227. The van der Waals surface area contributed by atoms with Crippen molar-refractivity contribution >= 4 is 82.5 Å². The fourth-order valence-electron chi connectivity index (χ4n) is 15.9. The average Bonchev–Trinajstić information content (AvgIpc) is 1.77. The molecule has 30 heteroatoms. The second-order valence-electron chi connectivity index (χ2n) is 30.0. The van der Waals surface area contributed by atoms with Crippen molar-refractivity contribution in [3.63, 3.8) is 0 Å². The van der Waals surface area contributed by atoms with Gasteiger partial charge in [-0.15, -0.1) is 0 Å². The van der Waals surface area contributed by atoms with Crippen LogP contribution in [0.2, 0.25) is 5.02 Å². The number of carboxylic acids is 1. The summed E-state index contributed by atoms with van der Waals surface area (Å²) >= 11 is 6.16. The standard InChI is InChI=1S/C73H112ClF3N12O14/c1-12-45(4)60(80-62(93)53(78-6)39-44(2)3)69(100)83(8)46(5)64(95)89-34-30-55(89)67(98)84(9)56(41-47-21-14-13-15-22-47)66(97)82(7)43-58(90)79-52(29-27-48-26-28-50(51(74)40-48)73(75,76)77)65(96)88-33-20-25-54(88)63(94)81-72(31-18-19-32-72)71(102)86(11)61(49-23-16-17-24-49)70(101)85(10)57(42-59(91)92)68(99)87-35-37-103-38-36-87/h26,28,40,44-47,49,52-57,60-61,78H,12-25,27,29-39,41-43H2,1-11H3,(H,79,90)(H,80,93)(H,81,94)(H,91,92)/t45-,46-,52-,53-,54-,55-,56-,57-,60?,61-/m0/s1. The van der Waals surface area contributed by atoms with Crippen molar-refractivity contribution < 1.29 is 80.5 Å². The summed E-state index contributed by atoms with van der Waals surface area (Å²) in [6, 6.07) is -6.69. The van der Waals surface area contributed by atoms with Gasteiger partial charge in [-0.3, -0.25) is 57.5 Å². The van der Waals surface area contributed by atoms with Crippen LogP contribution in [0.25, 0.3) is 0 Å². The second-order valence-corrected chi connectivity index (χ2v) is 30.5. The van der Waals surface area contributed by atoms with Crippen molar-refractivity contribution in [3.05, 3.63) is 34.3 Å².